The van der Waals surface area contributed by atoms with E-state index in [2.05, 4.69) is 4.72 Å². The van der Waals surface area contributed by atoms with Gasteiger partial charge in [0.2, 0.25) is 15.9 Å². The molecule has 0 saturated heterocycles. The first-order valence-electron chi connectivity index (χ1n) is 8.41. The molecule has 0 aliphatic carbocycles. The van der Waals surface area contributed by atoms with Gasteiger partial charge in [0, 0.05) is 19.6 Å². The molecule has 1 amide bonds. The minimum atomic E-state index is -3.62. The normalized spacial score (nSPS) is 16.0. The summed E-state index contributed by atoms with van der Waals surface area (Å²) in [5.74, 6) is 0.0407. The van der Waals surface area contributed by atoms with Gasteiger partial charge in [-0.3, -0.25) is 4.79 Å². The van der Waals surface area contributed by atoms with Crippen molar-refractivity contribution in [1.82, 2.24) is 14.5 Å². The van der Waals surface area contributed by atoms with Gasteiger partial charge < -0.3 is 14.9 Å². The lowest BCUT2D eigenvalue weighted by atomic mass is 10.00. The zero-order valence-electron chi connectivity index (χ0n) is 15.0. The van der Waals surface area contributed by atoms with E-state index >= 15 is 0 Å². The maximum atomic E-state index is 12.4. The Labute approximate surface area is 149 Å². The third-order valence-corrected chi connectivity index (χ3v) is 5.62. The van der Waals surface area contributed by atoms with Gasteiger partial charge in [-0.25, -0.2) is 13.1 Å². The van der Waals surface area contributed by atoms with Gasteiger partial charge in [0.25, 0.3) is 0 Å². The number of carbonyl (C=O) groups is 1. The summed E-state index contributed by atoms with van der Waals surface area (Å²) in [5, 5.41) is 9.25. The van der Waals surface area contributed by atoms with E-state index < -0.39 is 16.1 Å². The minimum absolute atomic E-state index is 0.0407. The van der Waals surface area contributed by atoms with E-state index in [-0.39, 0.29) is 17.3 Å². The van der Waals surface area contributed by atoms with Crippen molar-refractivity contribution in [2.75, 3.05) is 33.7 Å². The molecule has 0 radical (unpaired) electrons. The van der Waals surface area contributed by atoms with Crippen molar-refractivity contribution < 1.29 is 18.3 Å². The Kier molecular flexibility index (Phi) is 6.56. The highest BCUT2D eigenvalue weighted by Gasteiger charge is 2.23. The summed E-state index contributed by atoms with van der Waals surface area (Å²) in [6.45, 7) is 3.22. The van der Waals surface area contributed by atoms with Gasteiger partial charge >= 0.3 is 0 Å². The second-order valence-corrected chi connectivity index (χ2v) is 8.54. The summed E-state index contributed by atoms with van der Waals surface area (Å²) in [4.78, 5) is 16.0. The third kappa shape index (κ3) is 5.50. The number of rotatable bonds is 7. The summed E-state index contributed by atoms with van der Waals surface area (Å²) >= 11 is 0. The van der Waals surface area contributed by atoms with Crippen molar-refractivity contribution in [3.63, 3.8) is 0 Å². The standard InChI is InChI=1S/C17H27N3O4S/c1-13(21)6-8-18-25(23,24)16-5-4-14-7-9-20(11-15(14)10-16)17(22)12-19(2)3/h4-5,10,13,18,21H,6-9,11-12H2,1-3H3/t13-/m0/s1. The maximum Gasteiger partial charge on any atom is 0.240 e. The topological polar surface area (TPSA) is 90.0 Å². The molecule has 1 aliphatic heterocycles. The molecular weight excluding hydrogens is 342 g/mol. The molecule has 1 aromatic rings. The smallest absolute Gasteiger partial charge is 0.240 e. The van der Waals surface area contributed by atoms with Crippen LogP contribution in [0.25, 0.3) is 0 Å². The minimum Gasteiger partial charge on any atom is -0.393 e. The number of sulfonamides is 1. The Morgan fingerprint density at radius 2 is 2.08 bits per heavy atom. The average Bonchev–Trinajstić information content (AvgIpc) is 2.52. The Balaban J connectivity index is 2.12. The highest BCUT2D eigenvalue weighted by Crippen LogP contribution is 2.22. The van der Waals surface area contributed by atoms with Crippen molar-refractivity contribution in [2.24, 2.45) is 0 Å². The van der Waals surface area contributed by atoms with Crippen molar-refractivity contribution in [1.29, 1.82) is 0 Å². The van der Waals surface area contributed by atoms with Crippen LogP contribution in [0.2, 0.25) is 0 Å². The fourth-order valence-corrected chi connectivity index (χ4v) is 3.87. The highest BCUT2D eigenvalue weighted by molar-refractivity contribution is 7.89. The van der Waals surface area contributed by atoms with Crippen LogP contribution in [-0.4, -0.2) is 69.1 Å². The fraction of sp³-hybridized carbons (Fsp3) is 0.588. The predicted molar refractivity (Wildman–Crippen MR) is 95.6 cm³/mol. The molecule has 0 saturated carbocycles. The van der Waals surface area contributed by atoms with Crippen LogP contribution in [0, 0.1) is 0 Å². The van der Waals surface area contributed by atoms with Gasteiger partial charge in [-0.05, 0) is 57.1 Å². The lowest BCUT2D eigenvalue weighted by molar-refractivity contribution is -0.132. The molecule has 1 aliphatic rings. The van der Waals surface area contributed by atoms with Gasteiger partial charge in [0.15, 0.2) is 0 Å². The molecule has 1 atom stereocenters. The van der Waals surface area contributed by atoms with Gasteiger partial charge in [0.05, 0.1) is 17.5 Å². The Morgan fingerprint density at radius 1 is 1.36 bits per heavy atom. The molecule has 2 rings (SSSR count). The summed E-state index contributed by atoms with van der Waals surface area (Å²) in [6, 6.07) is 5.07. The maximum absolute atomic E-state index is 12.4. The van der Waals surface area contributed by atoms with Gasteiger partial charge in [0.1, 0.15) is 0 Å². The van der Waals surface area contributed by atoms with E-state index in [1.807, 2.05) is 25.1 Å². The monoisotopic (exact) mass is 369 g/mol. The molecule has 8 heteroatoms. The molecule has 0 spiro atoms. The van der Waals surface area contributed by atoms with Crippen molar-refractivity contribution >= 4 is 15.9 Å². The summed E-state index contributed by atoms with van der Waals surface area (Å²) < 4.78 is 27.3. The molecule has 25 heavy (non-hydrogen) atoms. The zero-order valence-corrected chi connectivity index (χ0v) is 15.8. The summed E-state index contributed by atoms with van der Waals surface area (Å²) in [6.07, 6.45) is 0.531. The molecule has 1 aromatic carbocycles. The summed E-state index contributed by atoms with van der Waals surface area (Å²) in [7, 11) is 0.0743. The second-order valence-electron chi connectivity index (χ2n) is 6.77. The highest BCUT2D eigenvalue weighted by atomic mass is 32.2. The van der Waals surface area contributed by atoms with Gasteiger partial charge in [-0.2, -0.15) is 0 Å². The van der Waals surface area contributed by atoms with Crippen molar-refractivity contribution in [3.8, 4) is 0 Å². The van der Waals surface area contributed by atoms with E-state index in [9.17, 15) is 18.3 Å². The molecule has 1 heterocycles. The largest absolute Gasteiger partial charge is 0.393 e. The van der Waals surface area contributed by atoms with Crippen LogP contribution in [0.3, 0.4) is 0 Å². The number of likely N-dealkylation sites (N-methyl/N-ethyl adjacent to an activating group) is 1. The zero-order chi connectivity index (χ0) is 18.6. The number of benzene rings is 1. The van der Waals surface area contributed by atoms with Crippen LogP contribution < -0.4 is 4.72 Å². The molecular formula is C17H27N3O4S. The Hall–Kier alpha value is -1.48. The van der Waals surface area contributed by atoms with Crippen molar-refractivity contribution in [2.45, 2.75) is 37.3 Å². The SMILES string of the molecule is C[C@H](O)CCNS(=O)(=O)c1ccc2c(c1)CN(C(=O)CN(C)C)CC2. The molecule has 0 unspecified atom stereocenters. The predicted octanol–water partition coefficient (Wildman–Crippen LogP) is 0.182. The van der Waals surface area contributed by atoms with Gasteiger partial charge in [-0.15, -0.1) is 0 Å². The van der Waals surface area contributed by atoms with E-state index in [1.54, 1.807) is 24.0 Å². The molecule has 2 N–H and O–H groups in total. The first-order valence-corrected chi connectivity index (χ1v) is 9.89. The van der Waals surface area contributed by atoms with E-state index in [1.165, 1.54) is 0 Å². The quantitative estimate of drug-likeness (QED) is 0.716. The fourth-order valence-electron chi connectivity index (χ4n) is 2.77. The summed E-state index contributed by atoms with van der Waals surface area (Å²) in [5.41, 5.74) is 1.95. The van der Waals surface area contributed by atoms with Gasteiger partial charge in [-0.1, -0.05) is 6.07 Å². The number of nitrogens with zero attached hydrogens (tertiary/aromatic N) is 2. The molecule has 0 fully saturated rings. The molecule has 0 aromatic heterocycles. The molecule has 7 nitrogen and oxygen atoms in total. The number of fused-ring (bicyclic) bond motifs is 1. The first kappa shape index (κ1) is 19.8. The van der Waals surface area contributed by atoms with Crippen molar-refractivity contribution in [3.05, 3.63) is 29.3 Å². The van der Waals surface area contributed by atoms with E-state index in [0.29, 0.717) is 26.1 Å². The van der Waals surface area contributed by atoms with Crippen LogP contribution in [0.15, 0.2) is 23.1 Å². The van der Waals surface area contributed by atoms with Crippen LogP contribution in [-0.2, 0) is 27.8 Å². The van der Waals surface area contributed by atoms with E-state index in [4.69, 9.17) is 0 Å². The lowest BCUT2D eigenvalue weighted by Crippen LogP contribution is -2.41. The Morgan fingerprint density at radius 3 is 2.72 bits per heavy atom. The number of carbonyl (C=O) groups excluding carboxylic acids is 1. The molecule has 140 valence electrons. The number of nitrogens with one attached hydrogen (secondary N) is 1. The first-order chi connectivity index (χ1) is 11.7. The number of aliphatic hydroxyl groups excluding tert-OH is 1. The van der Waals surface area contributed by atoms with Crippen LogP contribution in [0.1, 0.15) is 24.5 Å². The van der Waals surface area contributed by atoms with Crippen LogP contribution >= 0.6 is 0 Å². The number of hydrogen-bond acceptors (Lipinski definition) is 5. The van der Waals surface area contributed by atoms with Crippen LogP contribution in [0.5, 0.6) is 0 Å². The second kappa shape index (κ2) is 8.27. The van der Waals surface area contributed by atoms with E-state index in [0.717, 1.165) is 17.5 Å². The number of aliphatic hydroxyl groups is 1. The average molecular weight is 369 g/mol. The van der Waals surface area contributed by atoms with Crippen LogP contribution in [0.4, 0.5) is 0 Å². The number of amides is 1. The number of hydrogen-bond donors (Lipinski definition) is 2. The lowest BCUT2D eigenvalue weighted by Gasteiger charge is -2.30. The Bertz CT molecular complexity index is 717. The third-order valence-electron chi connectivity index (χ3n) is 4.16. The molecule has 0 bridgehead atoms.